The van der Waals surface area contributed by atoms with Crippen LogP contribution in [0.15, 0.2) is 18.2 Å². The summed E-state index contributed by atoms with van der Waals surface area (Å²) in [5.41, 5.74) is 6.01. The first-order valence-electron chi connectivity index (χ1n) is 5.15. The van der Waals surface area contributed by atoms with Gasteiger partial charge in [-0.1, -0.05) is 17.7 Å². The third-order valence-electron chi connectivity index (χ3n) is 2.49. The number of benzene rings is 1. The van der Waals surface area contributed by atoms with Crippen LogP contribution in [0.5, 0.6) is 0 Å². The zero-order chi connectivity index (χ0) is 13.3. The molecule has 6 nitrogen and oxygen atoms in total. The van der Waals surface area contributed by atoms with Crippen molar-refractivity contribution in [2.24, 2.45) is 0 Å². The molecule has 1 aromatic carbocycles. The number of imide groups is 1. The smallest absolute Gasteiger partial charge is 0.258 e. The highest BCUT2D eigenvalue weighted by Gasteiger charge is 2.29. The SMILES string of the molecule is Nc1cccc(Cl)c1C(=O)N1CC(=O)NC(=O)C1. The lowest BCUT2D eigenvalue weighted by molar-refractivity contribution is -0.135. The number of amides is 3. The molecular weight excluding hydrogens is 258 g/mol. The van der Waals surface area contributed by atoms with Crippen LogP contribution >= 0.6 is 11.6 Å². The monoisotopic (exact) mass is 267 g/mol. The summed E-state index contributed by atoms with van der Waals surface area (Å²) in [6.45, 7) is -0.371. The summed E-state index contributed by atoms with van der Waals surface area (Å²) < 4.78 is 0. The largest absolute Gasteiger partial charge is 0.398 e. The maximum Gasteiger partial charge on any atom is 0.258 e. The zero-order valence-corrected chi connectivity index (χ0v) is 10.0. The molecule has 0 aliphatic carbocycles. The molecule has 0 atom stereocenters. The van der Waals surface area contributed by atoms with Crippen molar-refractivity contribution in [1.82, 2.24) is 10.2 Å². The van der Waals surface area contributed by atoms with E-state index in [1.165, 1.54) is 12.1 Å². The van der Waals surface area contributed by atoms with Gasteiger partial charge in [-0.25, -0.2) is 0 Å². The summed E-state index contributed by atoms with van der Waals surface area (Å²) in [7, 11) is 0. The first-order chi connectivity index (χ1) is 8.49. The predicted molar refractivity (Wildman–Crippen MR) is 64.9 cm³/mol. The molecular formula is C11H10ClN3O3. The second kappa shape index (κ2) is 4.66. The van der Waals surface area contributed by atoms with Crippen LogP contribution in [0.4, 0.5) is 5.69 Å². The van der Waals surface area contributed by atoms with Gasteiger partial charge >= 0.3 is 0 Å². The van der Waals surface area contributed by atoms with Crippen molar-refractivity contribution in [2.45, 2.75) is 0 Å². The van der Waals surface area contributed by atoms with E-state index in [9.17, 15) is 14.4 Å². The first kappa shape index (κ1) is 12.4. The third-order valence-corrected chi connectivity index (χ3v) is 2.81. The van der Waals surface area contributed by atoms with Crippen LogP contribution in [0.1, 0.15) is 10.4 Å². The number of nitrogens with two attached hydrogens (primary N) is 1. The lowest BCUT2D eigenvalue weighted by atomic mass is 10.1. The molecule has 0 bridgehead atoms. The van der Waals surface area contributed by atoms with Gasteiger partial charge in [-0.3, -0.25) is 19.7 Å². The van der Waals surface area contributed by atoms with Crippen molar-refractivity contribution in [3.63, 3.8) is 0 Å². The first-order valence-corrected chi connectivity index (χ1v) is 5.53. The fourth-order valence-electron chi connectivity index (χ4n) is 1.71. The van der Waals surface area contributed by atoms with Crippen LogP contribution < -0.4 is 11.1 Å². The molecule has 1 aliphatic rings. The fourth-order valence-corrected chi connectivity index (χ4v) is 1.97. The Morgan fingerprint density at radius 3 is 2.44 bits per heavy atom. The minimum atomic E-state index is -0.527. The van der Waals surface area contributed by atoms with Crippen molar-refractivity contribution in [3.05, 3.63) is 28.8 Å². The number of halogens is 1. The third kappa shape index (κ3) is 2.28. The van der Waals surface area contributed by atoms with E-state index in [1.54, 1.807) is 6.07 Å². The van der Waals surface area contributed by atoms with E-state index in [1.807, 2.05) is 0 Å². The van der Waals surface area contributed by atoms with E-state index in [2.05, 4.69) is 5.32 Å². The van der Waals surface area contributed by atoms with Crippen LogP contribution in [0, 0.1) is 0 Å². The van der Waals surface area contributed by atoms with E-state index in [0.717, 1.165) is 4.90 Å². The Bertz CT molecular complexity index is 508. The molecule has 1 fully saturated rings. The standard InChI is InChI=1S/C11H10ClN3O3/c12-6-2-1-3-7(13)10(6)11(18)15-4-8(16)14-9(17)5-15/h1-3H,4-5,13H2,(H,14,16,17). The summed E-state index contributed by atoms with van der Waals surface area (Å²) in [5.74, 6) is -1.57. The summed E-state index contributed by atoms with van der Waals surface area (Å²) in [5, 5.41) is 2.30. The van der Waals surface area contributed by atoms with Gasteiger partial charge in [-0.2, -0.15) is 0 Å². The number of hydrogen-bond donors (Lipinski definition) is 2. The van der Waals surface area contributed by atoms with Crippen molar-refractivity contribution >= 4 is 35.0 Å². The van der Waals surface area contributed by atoms with Gasteiger partial charge in [0.05, 0.1) is 10.6 Å². The lowest BCUT2D eigenvalue weighted by Gasteiger charge is -2.26. The fraction of sp³-hybridized carbons (Fsp3) is 0.182. The number of nitrogens with zero attached hydrogens (tertiary/aromatic N) is 1. The number of carbonyl (C=O) groups excluding carboxylic acids is 3. The molecule has 3 N–H and O–H groups in total. The minimum Gasteiger partial charge on any atom is -0.398 e. The molecule has 1 aromatic rings. The van der Waals surface area contributed by atoms with Gasteiger partial charge in [-0.05, 0) is 12.1 Å². The van der Waals surface area contributed by atoms with Crippen LogP contribution in [0.3, 0.4) is 0 Å². The molecule has 0 aromatic heterocycles. The Morgan fingerprint density at radius 1 is 1.28 bits per heavy atom. The van der Waals surface area contributed by atoms with Gasteiger partial charge in [0.25, 0.3) is 5.91 Å². The van der Waals surface area contributed by atoms with Gasteiger partial charge in [0.2, 0.25) is 11.8 Å². The summed E-state index contributed by atoms with van der Waals surface area (Å²) in [6, 6.07) is 4.67. The summed E-state index contributed by atoms with van der Waals surface area (Å²) in [6.07, 6.45) is 0. The Morgan fingerprint density at radius 2 is 1.89 bits per heavy atom. The molecule has 94 valence electrons. The number of anilines is 1. The van der Waals surface area contributed by atoms with Crippen molar-refractivity contribution in [1.29, 1.82) is 0 Å². The van der Waals surface area contributed by atoms with Gasteiger partial charge in [0.1, 0.15) is 13.1 Å². The van der Waals surface area contributed by atoms with Crippen molar-refractivity contribution in [3.8, 4) is 0 Å². The van der Waals surface area contributed by atoms with Gasteiger partial charge < -0.3 is 10.6 Å². The number of nitrogen functional groups attached to an aromatic ring is 1. The van der Waals surface area contributed by atoms with E-state index in [0.29, 0.717) is 0 Å². The maximum absolute atomic E-state index is 12.2. The molecule has 3 amide bonds. The second-order valence-corrected chi connectivity index (χ2v) is 4.24. The predicted octanol–water partition coefficient (Wildman–Crippen LogP) is 0.0208. The highest BCUT2D eigenvalue weighted by Crippen LogP contribution is 2.23. The highest BCUT2D eigenvalue weighted by atomic mass is 35.5. The molecule has 0 unspecified atom stereocenters. The molecule has 1 saturated heterocycles. The Labute approximate surface area is 108 Å². The van der Waals surface area contributed by atoms with Gasteiger partial charge in [0, 0.05) is 5.69 Å². The Kier molecular flexibility index (Phi) is 3.20. The molecule has 0 radical (unpaired) electrons. The molecule has 2 rings (SSSR count). The number of hydrogen-bond acceptors (Lipinski definition) is 4. The van der Waals surface area contributed by atoms with Crippen LogP contribution in [0.2, 0.25) is 5.02 Å². The summed E-state index contributed by atoms with van der Waals surface area (Å²) in [4.78, 5) is 35.7. The van der Waals surface area contributed by atoms with Crippen LogP contribution in [0.25, 0.3) is 0 Å². The molecule has 0 saturated carbocycles. The second-order valence-electron chi connectivity index (χ2n) is 3.84. The summed E-state index contributed by atoms with van der Waals surface area (Å²) >= 11 is 5.90. The molecule has 1 heterocycles. The molecule has 7 heteroatoms. The quantitative estimate of drug-likeness (QED) is 0.554. The van der Waals surface area contributed by atoms with E-state index in [4.69, 9.17) is 17.3 Å². The minimum absolute atomic E-state index is 0.113. The van der Waals surface area contributed by atoms with E-state index in [-0.39, 0.29) is 29.4 Å². The maximum atomic E-state index is 12.2. The number of carbonyl (C=O) groups is 3. The lowest BCUT2D eigenvalue weighted by Crippen LogP contribution is -2.53. The van der Waals surface area contributed by atoms with Crippen LogP contribution in [-0.4, -0.2) is 35.7 Å². The Balaban J connectivity index is 2.31. The molecule has 0 spiro atoms. The number of nitrogens with one attached hydrogen (secondary N) is 1. The van der Waals surface area contributed by atoms with Gasteiger partial charge in [0.15, 0.2) is 0 Å². The average molecular weight is 268 g/mol. The Hall–Kier alpha value is -2.08. The zero-order valence-electron chi connectivity index (χ0n) is 9.27. The number of piperazine rings is 1. The highest BCUT2D eigenvalue weighted by molar-refractivity contribution is 6.34. The normalized spacial score (nSPS) is 15.5. The number of rotatable bonds is 1. The topological polar surface area (TPSA) is 92.5 Å². The molecule has 18 heavy (non-hydrogen) atoms. The van der Waals surface area contributed by atoms with E-state index >= 15 is 0 Å². The molecule has 1 aliphatic heterocycles. The average Bonchev–Trinajstić information content (AvgIpc) is 2.27. The van der Waals surface area contributed by atoms with Gasteiger partial charge in [-0.15, -0.1) is 0 Å². The van der Waals surface area contributed by atoms with E-state index < -0.39 is 17.7 Å². The van der Waals surface area contributed by atoms with Crippen molar-refractivity contribution in [2.75, 3.05) is 18.8 Å². The van der Waals surface area contributed by atoms with Crippen molar-refractivity contribution < 1.29 is 14.4 Å². The van der Waals surface area contributed by atoms with Crippen LogP contribution in [-0.2, 0) is 9.59 Å².